The summed E-state index contributed by atoms with van der Waals surface area (Å²) in [6.45, 7) is 0. The number of nitrogens with one attached hydrogen (secondary N) is 1. The summed E-state index contributed by atoms with van der Waals surface area (Å²) in [6.07, 6.45) is 0. The highest BCUT2D eigenvalue weighted by Gasteiger charge is 2.13. The number of benzene rings is 2. The average Bonchev–Trinajstić information content (AvgIpc) is 2.45. The normalized spacial score (nSPS) is 11.8. The van der Waals surface area contributed by atoms with Gasteiger partial charge >= 0.3 is 5.97 Å². The number of carbonyl (C=O) groups is 1. The smallest absolute Gasteiger partial charge is 0.313 e. The number of thioether (sulfide) groups is 1. The highest BCUT2D eigenvalue weighted by atomic mass is 32.2. The number of carboxylic acids is 1. The van der Waals surface area contributed by atoms with Gasteiger partial charge in [0.15, 0.2) is 0 Å². The predicted molar refractivity (Wildman–Crippen MR) is 79.3 cm³/mol. The van der Waals surface area contributed by atoms with Gasteiger partial charge in [0.25, 0.3) is 0 Å². The lowest BCUT2D eigenvalue weighted by Crippen LogP contribution is -2.10. The molecule has 0 unspecified atom stereocenters. The Bertz CT molecular complexity index is 516. The first-order valence-electron chi connectivity index (χ1n) is 5.95. The number of para-hydroxylation sites is 1. The molecule has 4 heteroatoms. The van der Waals surface area contributed by atoms with E-state index in [1.54, 1.807) is 0 Å². The Kier molecular flexibility index (Phi) is 4.86. The van der Waals surface area contributed by atoms with Crippen molar-refractivity contribution < 1.29 is 9.90 Å². The minimum absolute atomic E-state index is 0.0688. The van der Waals surface area contributed by atoms with Gasteiger partial charge in [0.05, 0.1) is 11.1 Å². The van der Waals surface area contributed by atoms with Crippen molar-refractivity contribution in [3.8, 4) is 0 Å². The average molecular weight is 273 g/mol. The number of anilines is 1. The summed E-state index contributed by atoms with van der Waals surface area (Å²) < 4.78 is 0. The van der Waals surface area contributed by atoms with Crippen LogP contribution in [0.15, 0.2) is 60.7 Å². The number of hydrogen-bond donors (Lipinski definition) is 2. The first-order valence-corrected chi connectivity index (χ1v) is 7.00. The molecule has 1 atom stereocenters. The van der Waals surface area contributed by atoms with Gasteiger partial charge in [-0.3, -0.25) is 4.79 Å². The fourth-order valence-corrected chi connectivity index (χ4v) is 2.57. The van der Waals surface area contributed by atoms with Crippen LogP contribution in [0.5, 0.6) is 0 Å². The Morgan fingerprint density at radius 2 is 1.63 bits per heavy atom. The lowest BCUT2D eigenvalue weighted by atomic mass is 10.2. The molecule has 0 radical (unpaired) electrons. The van der Waals surface area contributed by atoms with Crippen LogP contribution in [-0.4, -0.2) is 16.8 Å². The molecule has 0 spiro atoms. The zero-order valence-electron chi connectivity index (χ0n) is 10.3. The molecule has 2 aromatic rings. The molecule has 0 fully saturated rings. The molecule has 0 aliphatic rings. The maximum absolute atomic E-state index is 10.7. The fourth-order valence-electron chi connectivity index (χ4n) is 1.69. The number of carboxylic acid groups (broad SMARTS) is 1. The summed E-state index contributed by atoms with van der Waals surface area (Å²) in [5.41, 5.74) is 2.05. The van der Waals surface area contributed by atoms with E-state index in [-0.39, 0.29) is 11.1 Å². The molecule has 0 aromatic heterocycles. The largest absolute Gasteiger partial charge is 0.481 e. The Morgan fingerprint density at radius 1 is 1.05 bits per heavy atom. The Morgan fingerprint density at radius 3 is 2.21 bits per heavy atom. The predicted octanol–water partition coefficient (Wildman–Crippen LogP) is 3.62. The van der Waals surface area contributed by atoms with Crippen LogP contribution in [0.4, 0.5) is 5.69 Å². The molecule has 0 aliphatic carbocycles. The molecule has 3 nitrogen and oxygen atoms in total. The van der Waals surface area contributed by atoms with Gasteiger partial charge in [-0.25, -0.2) is 0 Å². The molecule has 0 heterocycles. The van der Waals surface area contributed by atoms with Crippen LogP contribution in [0.2, 0.25) is 0 Å². The zero-order valence-corrected chi connectivity index (χ0v) is 11.1. The second-order valence-corrected chi connectivity index (χ2v) is 5.10. The SMILES string of the molecule is O=C(O)CS[C@H](Nc1ccccc1)c1ccccc1. The van der Waals surface area contributed by atoms with Crippen molar-refractivity contribution in [3.05, 3.63) is 66.2 Å². The highest BCUT2D eigenvalue weighted by Crippen LogP contribution is 2.29. The van der Waals surface area contributed by atoms with E-state index < -0.39 is 5.97 Å². The van der Waals surface area contributed by atoms with Crippen molar-refractivity contribution >= 4 is 23.4 Å². The Labute approximate surface area is 116 Å². The highest BCUT2D eigenvalue weighted by molar-refractivity contribution is 8.00. The summed E-state index contributed by atoms with van der Waals surface area (Å²) in [5.74, 6) is -0.736. The molecule has 0 amide bonds. The second-order valence-electron chi connectivity index (χ2n) is 4.01. The van der Waals surface area contributed by atoms with Gasteiger partial charge in [-0.2, -0.15) is 0 Å². The summed E-state index contributed by atoms with van der Waals surface area (Å²) in [5, 5.41) is 12.1. The summed E-state index contributed by atoms with van der Waals surface area (Å²) in [6, 6.07) is 19.6. The van der Waals surface area contributed by atoms with Crippen LogP contribution in [0, 0.1) is 0 Å². The van der Waals surface area contributed by atoms with Crippen LogP contribution < -0.4 is 5.32 Å². The molecule has 98 valence electrons. The van der Waals surface area contributed by atoms with Crippen LogP contribution >= 0.6 is 11.8 Å². The van der Waals surface area contributed by atoms with E-state index in [1.165, 1.54) is 11.8 Å². The van der Waals surface area contributed by atoms with Crippen molar-refractivity contribution in [1.29, 1.82) is 0 Å². The molecular weight excluding hydrogens is 258 g/mol. The maximum Gasteiger partial charge on any atom is 0.313 e. The van der Waals surface area contributed by atoms with Crippen LogP contribution in [0.25, 0.3) is 0 Å². The van der Waals surface area contributed by atoms with E-state index in [0.717, 1.165) is 11.3 Å². The van der Waals surface area contributed by atoms with Gasteiger partial charge in [0.2, 0.25) is 0 Å². The summed E-state index contributed by atoms with van der Waals surface area (Å²) in [4.78, 5) is 10.7. The van der Waals surface area contributed by atoms with Crippen LogP contribution in [0.1, 0.15) is 10.9 Å². The van der Waals surface area contributed by atoms with Crippen molar-refractivity contribution in [2.45, 2.75) is 5.37 Å². The second kappa shape index (κ2) is 6.85. The van der Waals surface area contributed by atoms with Crippen LogP contribution in [0.3, 0.4) is 0 Å². The van der Waals surface area contributed by atoms with E-state index in [1.807, 2.05) is 60.7 Å². The first-order chi connectivity index (χ1) is 9.25. The van der Waals surface area contributed by atoms with Crippen molar-refractivity contribution in [2.75, 3.05) is 11.1 Å². The van der Waals surface area contributed by atoms with Gasteiger partial charge < -0.3 is 10.4 Å². The van der Waals surface area contributed by atoms with E-state index in [2.05, 4.69) is 5.32 Å². The third-order valence-corrected chi connectivity index (χ3v) is 3.68. The fraction of sp³-hybridized carbons (Fsp3) is 0.133. The van der Waals surface area contributed by atoms with E-state index >= 15 is 0 Å². The monoisotopic (exact) mass is 273 g/mol. The standard InChI is InChI=1S/C15H15NO2S/c17-14(18)11-19-15(12-7-3-1-4-8-12)16-13-9-5-2-6-10-13/h1-10,15-16H,11H2,(H,17,18)/t15-/m0/s1. The quantitative estimate of drug-likeness (QED) is 0.789. The zero-order chi connectivity index (χ0) is 13.5. The molecule has 2 aromatic carbocycles. The molecule has 2 rings (SSSR count). The minimum atomic E-state index is -0.805. The van der Waals surface area contributed by atoms with Crippen LogP contribution in [-0.2, 0) is 4.79 Å². The molecule has 0 saturated heterocycles. The topological polar surface area (TPSA) is 49.3 Å². The summed E-state index contributed by atoms with van der Waals surface area (Å²) >= 11 is 1.37. The molecule has 0 bridgehead atoms. The van der Waals surface area contributed by atoms with Gasteiger partial charge in [0.1, 0.15) is 0 Å². The van der Waals surface area contributed by atoms with E-state index in [9.17, 15) is 4.79 Å². The lowest BCUT2D eigenvalue weighted by Gasteiger charge is -2.19. The molecule has 0 saturated carbocycles. The molecule has 19 heavy (non-hydrogen) atoms. The maximum atomic E-state index is 10.7. The van der Waals surface area contributed by atoms with Crippen molar-refractivity contribution in [3.63, 3.8) is 0 Å². The van der Waals surface area contributed by atoms with Crippen molar-refractivity contribution in [2.24, 2.45) is 0 Å². The van der Waals surface area contributed by atoms with E-state index in [0.29, 0.717) is 0 Å². The third-order valence-electron chi connectivity index (χ3n) is 2.55. The number of rotatable bonds is 6. The third kappa shape index (κ3) is 4.34. The molecular formula is C15H15NO2S. The number of aliphatic carboxylic acids is 1. The Balaban J connectivity index is 2.12. The molecule has 0 aliphatic heterocycles. The Hall–Kier alpha value is -1.94. The first kappa shape index (κ1) is 13.5. The van der Waals surface area contributed by atoms with Gasteiger partial charge in [-0.1, -0.05) is 48.5 Å². The number of hydrogen-bond acceptors (Lipinski definition) is 3. The summed E-state index contributed by atoms with van der Waals surface area (Å²) in [7, 11) is 0. The van der Waals surface area contributed by atoms with Gasteiger partial charge in [-0.15, -0.1) is 11.8 Å². The van der Waals surface area contributed by atoms with Gasteiger partial charge in [0, 0.05) is 5.69 Å². The van der Waals surface area contributed by atoms with E-state index in [4.69, 9.17) is 5.11 Å². The minimum Gasteiger partial charge on any atom is -0.481 e. The molecule has 2 N–H and O–H groups in total. The van der Waals surface area contributed by atoms with Gasteiger partial charge in [-0.05, 0) is 17.7 Å². The lowest BCUT2D eigenvalue weighted by molar-refractivity contribution is -0.133. The van der Waals surface area contributed by atoms with Crippen molar-refractivity contribution in [1.82, 2.24) is 0 Å².